The van der Waals surface area contributed by atoms with E-state index in [0.29, 0.717) is 10.8 Å². The summed E-state index contributed by atoms with van der Waals surface area (Å²) >= 11 is 6.92. The van der Waals surface area contributed by atoms with Gasteiger partial charge in [-0.15, -0.1) is 11.8 Å². The fraction of sp³-hybridized carbons (Fsp3) is 0.133. The Bertz CT molecular complexity index is 612. The van der Waals surface area contributed by atoms with E-state index < -0.39 is 0 Å². The van der Waals surface area contributed by atoms with Crippen LogP contribution in [-0.4, -0.2) is 11.4 Å². The van der Waals surface area contributed by atoms with Crippen LogP contribution in [0.5, 0.6) is 0 Å². The topological polar surface area (TPSA) is 24.1 Å². The minimum absolute atomic E-state index is 0.287. The van der Waals surface area contributed by atoms with Gasteiger partial charge in [-0.1, -0.05) is 6.07 Å². The number of thioether (sulfide) groups is 1. The first kappa shape index (κ1) is 14.8. The third-order valence-electron chi connectivity index (χ3n) is 2.80. The second-order valence-electron chi connectivity index (χ2n) is 4.27. The first-order valence-corrected chi connectivity index (χ1v) is 7.70. The van der Waals surface area contributed by atoms with Crippen molar-refractivity contribution in [3.05, 3.63) is 53.8 Å². The third kappa shape index (κ3) is 3.95. The predicted octanol–water partition coefficient (Wildman–Crippen LogP) is 4.66. The molecule has 0 fully saturated rings. The van der Waals surface area contributed by atoms with Crippen LogP contribution in [0.1, 0.15) is 5.56 Å². The van der Waals surface area contributed by atoms with Crippen molar-refractivity contribution >= 4 is 40.5 Å². The minimum Gasteiger partial charge on any atom is -0.332 e. The predicted molar refractivity (Wildman–Crippen MR) is 89.2 cm³/mol. The number of benzene rings is 2. The normalized spacial score (nSPS) is 10.2. The average Bonchev–Trinajstić information content (AvgIpc) is 2.43. The molecule has 0 radical (unpaired) electrons. The summed E-state index contributed by atoms with van der Waals surface area (Å²) < 4.78 is 13.2. The van der Waals surface area contributed by atoms with Gasteiger partial charge in [0.2, 0.25) is 0 Å². The van der Waals surface area contributed by atoms with E-state index >= 15 is 0 Å². The van der Waals surface area contributed by atoms with Crippen molar-refractivity contribution in [2.24, 2.45) is 0 Å². The van der Waals surface area contributed by atoms with E-state index in [2.05, 4.69) is 10.6 Å². The zero-order valence-corrected chi connectivity index (χ0v) is 12.9. The molecule has 0 heterocycles. The molecular weight excluding hydrogens is 291 g/mol. The molecule has 0 saturated carbocycles. The van der Waals surface area contributed by atoms with Crippen molar-refractivity contribution in [1.82, 2.24) is 0 Å². The summed E-state index contributed by atoms with van der Waals surface area (Å²) in [7, 11) is 0. The molecule has 0 aromatic heterocycles. The van der Waals surface area contributed by atoms with Gasteiger partial charge in [-0.3, -0.25) is 0 Å². The first-order valence-electron chi connectivity index (χ1n) is 6.06. The standard InChI is InChI=1S/C15H15FN2S2/c1-10-3-4-11(16)9-14(10)18-15(19)17-12-5-7-13(20-2)8-6-12/h3-9H,1-2H3,(H2,17,18,19). The molecule has 104 valence electrons. The first-order chi connectivity index (χ1) is 9.58. The van der Waals surface area contributed by atoms with E-state index in [-0.39, 0.29) is 5.82 Å². The lowest BCUT2D eigenvalue weighted by atomic mass is 10.2. The Balaban J connectivity index is 2.03. The molecule has 20 heavy (non-hydrogen) atoms. The van der Waals surface area contributed by atoms with E-state index in [4.69, 9.17) is 12.2 Å². The van der Waals surface area contributed by atoms with Gasteiger partial charge in [0.05, 0.1) is 0 Å². The van der Waals surface area contributed by atoms with Crippen LogP contribution < -0.4 is 10.6 Å². The van der Waals surface area contributed by atoms with Gasteiger partial charge < -0.3 is 10.6 Å². The molecule has 5 heteroatoms. The van der Waals surface area contributed by atoms with E-state index in [9.17, 15) is 4.39 Å². The van der Waals surface area contributed by atoms with Crippen molar-refractivity contribution in [1.29, 1.82) is 0 Å². The average molecular weight is 306 g/mol. The van der Waals surface area contributed by atoms with Crippen LogP contribution >= 0.6 is 24.0 Å². The van der Waals surface area contributed by atoms with E-state index in [1.807, 2.05) is 37.4 Å². The molecule has 0 spiro atoms. The maximum absolute atomic E-state index is 13.2. The van der Waals surface area contributed by atoms with Gasteiger partial charge in [0.15, 0.2) is 5.11 Å². The second-order valence-corrected chi connectivity index (χ2v) is 5.55. The summed E-state index contributed by atoms with van der Waals surface area (Å²) in [6.45, 7) is 1.90. The molecule has 2 rings (SSSR count). The summed E-state index contributed by atoms with van der Waals surface area (Å²) in [5.74, 6) is -0.287. The lowest BCUT2D eigenvalue weighted by molar-refractivity contribution is 0.628. The van der Waals surface area contributed by atoms with E-state index in [1.165, 1.54) is 17.0 Å². The van der Waals surface area contributed by atoms with Crippen LogP contribution in [0.15, 0.2) is 47.4 Å². The highest BCUT2D eigenvalue weighted by Gasteiger charge is 2.03. The number of hydrogen-bond donors (Lipinski definition) is 2. The molecule has 2 nitrogen and oxygen atoms in total. The summed E-state index contributed by atoms with van der Waals surface area (Å²) in [6, 6.07) is 12.5. The van der Waals surface area contributed by atoms with Gasteiger partial charge in [-0.05, 0) is 67.4 Å². The van der Waals surface area contributed by atoms with Crippen molar-refractivity contribution in [3.63, 3.8) is 0 Å². The number of halogens is 1. The fourth-order valence-electron chi connectivity index (χ4n) is 1.69. The van der Waals surface area contributed by atoms with Crippen molar-refractivity contribution in [2.45, 2.75) is 11.8 Å². The summed E-state index contributed by atoms with van der Waals surface area (Å²) in [6.07, 6.45) is 2.03. The summed E-state index contributed by atoms with van der Waals surface area (Å²) in [4.78, 5) is 1.19. The molecule has 2 aromatic rings. The molecule has 2 N–H and O–H groups in total. The Morgan fingerprint density at radius 3 is 2.45 bits per heavy atom. The third-order valence-corrected chi connectivity index (χ3v) is 3.74. The van der Waals surface area contributed by atoms with Gasteiger partial charge in [0.25, 0.3) is 0 Å². The zero-order valence-electron chi connectivity index (χ0n) is 11.2. The number of anilines is 2. The van der Waals surface area contributed by atoms with Gasteiger partial charge >= 0.3 is 0 Å². The fourth-order valence-corrected chi connectivity index (χ4v) is 2.32. The highest BCUT2D eigenvalue weighted by atomic mass is 32.2. The Labute approximate surface area is 127 Å². The van der Waals surface area contributed by atoms with Crippen LogP contribution in [-0.2, 0) is 0 Å². The zero-order chi connectivity index (χ0) is 14.5. The maximum Gasteiger partial charge on any atom is 0.175 e. The smallest absolute Gasteiger partial charge is 0.175 e. The summed E-state index contributed by atoms with van der Waals surface area (Å²) in [5.41, 5.74) is 2.51. The molecule has 0 aliphatic rings. The van der Waals surface area contributed by atoms with Gasteiger partial charge in [0.1, 0.15) is 5.82 Å². The number of nitrogens with one attached hydrogen (secondary N) is 2. The molecule has 0 bridgehead atoms. The molecule has 2 aromatic carbocycles. The lowest BCUT2D eigenvalue weighted by Gasteiger charge is -2.12. The van der Waals surface area contributed by atoms with Crippen molar-refractivity contribution < 1.29 is 4.39 Å². The molecule has 0 amide bonds. The molecular formula is C15H15FN2S2. The van der Waals surface area contributed by atoms with Crippen LogP contribution in [0.3, 0.4) is 0 Å². The largest absolute Gasteiger partial charge is 0.332 e. The molecule has 0 saturated heterocycles. The van der Waals surface area contributed by atoms with Gasteiger partial charge in [-0.25, -0.2) is 4.39 Å². The Kier molecular flexibility index (Phi) is 4.98. The highest BCUT2D eigenvalue weighted by Crippen LogP contribution is 2.19. The second kappa shape index (κ2) is 6.72. The Morgan fingerprint density at radius 2 is 1.80 bits per heavy atom. The Morgan fingerprint density at radius 1 is 1.10 bits per heavy atom. The SMILES string of the molecule is CSc1ccc(NC(=S)Nc2cc(F)ccc2C)cc1. The van der Waals surface area contributed by atoms with Crippen LogP contribution in [0, 0.1) is 12.7 Å². The van der Waals surface area contributed by atoms with Gasteiger partial charge in [0, 0.05) is 16.3 Å². The Hall–Kier alpha value is -1.59. The summed E-state index contributed by atoms with van der Waals surface area (Å²) in [5, 5.41) is 6.52. The van der Waals surface area contributed by atoms with Crippen LogP contribution in [0.2, 0.25) is 0 Å². The van der Waals surface area contributed by atoms with E-state index in [0.717, 1.165) is 11.3 Å². The molecule has 0 unspecified atom stereocenters. The van der Waals surface area contributed by atoms with Crippen molar-refractivity contribution in [2.75, 3.05) is 16.9 Å². The molecule has 0 atom stereocenters. The maximum atomic E-state index is 13.2. The number of rotatable bonds is 3. The van der Waals surface area contributed by atoms with Crippen LogP contribution in [0.4, 0.5) is 15.8 Å². The van der Waals surface area contributed by atoms with Crippen molar-refractivity contribution in [3.8, 4) is 0 Å². The highest BCUT2D eigenvalue weighted by molar-refractivity contribution is 7.98. The minimum atomic E-state index is -0.287. The molecule has 0 aliphatic carbocycles. The monoisotopic (exact) mass is 306 g/mol. The van der Waals surface area contributed by atoms with Gasteiger partial charge in [-0.2, -0.15) is 0 Å². The lowest BCUT2D eigenvalue weighted by Crippen LogP contribution is -2.19. The number of aryl methyl sites for hydroxylation is 1. The molecule has 0 aliphatic heterocycles. The van der Waals surface area contributed by atoms with Crippen LogP contribution in [0.25, 0.3) is 0 Å². The number of hydrogen-bond acceptors (Lipinski definition) is 2. The quantitative estimate of drug-likeness (QED) is 0.636. The van der Waals surface area contributed by atoms with E-state index in [1.54, 1.807) is 17.8 Å². The number of thiocarbonyl (C=S) groups is 1.